The molecule has 0 aliphatic rings. The summed E-state index contributed by atoms with van der Waals surface area (Å²) in [5.74, 6) is 0.774. The van der Waals surface area contributed by atoms with Crippen molar-refractivity contribution in [2.45, 2.75) is 6.54 Å². The quantitative estimate of drug-likeness (QED) is 0.856. The van der Waals surface area contributed by atoms with Gasteiger partial charge in [0.2, 0.25) is 0 Å². The zero-order valence-corrected chi connectivity index (χ0v) is 9.62. The van der Waals surface area contributed by atoms with Crippen LogP contribution in [0.3, 0.4) is 0 Å². The van der Waals surface area contributed by atoms with Crippen molar-refractivity contribution < 1.29 is 4.52 Å². The number of nitrogens with zero attached hydrogens (tertiary/aromatic N) is 3. The van der Waals surface area contributed by atoms with Crippen LogP contribution in [0.2, 0.25) is 0 Å². The SMILES string of the molecule is Brc1cc(Br)n(Cc2ccno2)n1. The van der Waals surface area contributed by atoms with Crippen LogP contribution < -0.4 is 0 Å². The van der Waals surface area contributed by atoms with Gasteiger partial charge in [-0.3, -0.25) is 0 Å². The van der Waals surface area contributed by atoms with Crippen molar-refractivity contribution in [3.8, 4) is 0 Å². The lowest BCUT2D eigenvalue weighted by Gasteiger charge is -1.97. The Morgan fingerprint density at radius 1 is 1.46 bits per heavy atom. The molecule has 2 aromatic heterocycles. The summed E-state index contributed by atoms with van der Waals surface area (Å²) in [6, 6.07) is 3.68. The third kappa shape index (κ3) is 2.00. The molecule has 13 heavy (non-hydrogen) atoms. The Kier molecular flexibility index (Phi) is 2.50. The zero-order valence-electron chi connectivity index (χ0n) is 6.44. The summed E-state index contributed by atoms with van der Waals surface area (Å²) >= 11 is 6.65. The van der Waals surface area contributed by atoms with Gasteiger partial charge in [0, 0.05) is 12.1 Å². The summed E-state index contributed by atoms with van der Waals surface area (Å²) in [6.45, 7) is 0.576. The topological polar surface area (TPSA) is 43.9 Å². The second kappa shape index (κ2) is 3.63. The van der Waals surface area contributed by atoms with Gasteiger partial charge in [0.25, 0.3) is 0 Å². The fourth-order valence-corrected chi connectivity index (χ4v) is 2.08. The van der Waals surface area contributed by atoms with Crippen molar-refractivity contribution in [1.29, 1.82) is 0 Å². The van der Waals surface area contributed by atoms with Crippen LogP contribution in [0.1, 0.15) is 5.76 Å². The lowest BCUT2D eigenvalue weighted by Crippen LogP contribution is -2.00. The molecule has 0 saturated carbocycles. The first-order chi connectivity index (χ1) is 6.25. The van der Waals surface area contributed by atoms with Gasteiger partial charge in [-0.1, -0.05) is 5.16 Å². The molecule has 6 heteroatoms. The second-order valence-corrected chi connectivity index (χ2v) is 4.05. The molecule has 0 atom stereocenters. The van der Waals surface area contributed by atoms with E-state index in [1.54, 1.807) is 10.9 Å². The normalized spacial score (nSPS) is 10.6. The Balaban J connectivity index is 2.23. The molecule has 2 rings (SSSR count). The third-order valence-corrected chi connectivity index (χ3v) is 2.52. The van der Waals surface area contributed by atoms with E-state index in [2.05, 4.69) is 42.1 Å². The lowest BCUT2D eigenvalue weighted by atomic mass is 10.5. The number of rotatable bonds is 2. The minimum absolute atomic E-state index is 0.576. The van der Waals surface area contributed by atoms with Gasteiger partial charge in [-0.2, -0.15) is 5.10 Å². The molecule has 0 spiro atoms. The van der Waals surface area contributed by atoms with E-state index in [0.29, 0.717) is 6.54 Å². The highest BCUT2D eigenvalue weighted by Gasteiger charge is 2.05. The Hall–Kier alpha value is -0.620. The Morgan fingerprint density at radius 3 is 2.85 bits per heavy atom. The molecule has 68 valence electrons. The zero-order chi connectivity index (χ0) is 9.26. The molecule has 0 aliphatic heterocycles. The highest BCUT2D eigenvalue weighted by Crippen LogP contribution is 2.17. The van der Waals surface area contributed by atoms with E-state index in [1.165, 1.54) is 0 Å². The van der Waals surface area contributed by atoms with Crippen molar-refractivity contribution in [1.82, 2.24) is 14.9 Å². The third-order valence-electron chi connectivity index (χ3n) is 1.50. The van der Waals surface area contributed by atoms with Gasteiger partial charge >= 0.3 is 0 Å². The van der Waals surface area contributed by atoms with Crippen molar-refractivity contribution in [2.75, 3.05) is 0 Å². The predicted octanol–water partition coefficient (Wildman–Crippen LogP) is 2.44. The van der Waals surface area contributed by atoms with Gasteiger partial charge in [0.1, 0.15) is 15.8 Å². The van der Waals surface area contributed by atoms with E-state index in [-0.39, 0.29) is 0 Å². The van der Waals surface area contributed by atoms with Gasteiger partial charge < -0.3 is 4.52 Å². The Bertz CT molecular complexity index is 396. The smallest absolute Gasteiger partial charge is 0.158 e. The average molecular weight is 307 g/mol. The van der Waals surface area contributed by atoms with Crippen LogP contribution in [0.4, 0.5) is 0 Å². The van der Waals surface area contributed by atoms with Crippen LogP contribution in [0.5, 0.6) is 0 Å². The Labute approximate surface area is 91.2 Å². The maximum atomic E-state index is 4.95. The molecule has 0 aliphatic carbocycles. The highest BCUT2D eigenvalue weighted by atomic mass is 79.9. The van der Waals surface area contributed by atoms with E-state index in [0.717, 1.165) is 15.0 Å². The van der Waals surface area contributed by atoms with E-state index in [9.17, 15) is 0 Å². The van der Waals surface area contributed by atoms with E-state index in [4.69, 9.17) is 4.52 Å². The van der Waals surface area contributed by atoms with E-state index in [1.807, 2.05) is 12.1 Å². The summed E-state index contributed by atoms with van der Waals surface area (Å²) in [4.78, 5) is 0. The van der Waals surface area contributed by atoms with Gasteiger partial charge in [0.15, 0.2) is 5.76 Å². The van der Waals surface area contributed by atoms with Crippen molar-refractivity contribution in [3.63, 3.8) is 0 Å². The van der Waals surface area contributed by atoms with E-state index >= 15 is 0 Å². The molecule has 0 amide bonds. The van der Waals surface area contributed by atoms with Crippen LogP contribution in [0, 0.1) is 0 Å². The van der Waals surface area contributed by atoms with Gasteiger partial charge in [-0.15, -0.1) is 0 Å². The van der Waals surface area contributed by atoms with Crippen molar-refractivity contribution in [2.24, 2.45) is 0 Å². The maximum Gasteiger partial charge on any atom is 0.158 e. The summed E-state index contributed by atoms with van der Waals surface area (Å²) in [7, 11) is 0. The maximum absolute atomic E-state index is 4.95. The molecule has 2 heterocycles. The van der Waals surface area contributed by atoms with Crippen LogP contribution in [-0.2, 0) is 6.54 Å². The fourth-order valence-electron chi connectivity index (χ4n) is 0.947. The first kappa shape index (κ1) is 8.96. The molecule has 0 aromatic carbocycles. The summed E-state index contributed by atoms with van der Waals surface area (Å²) in [5.41, 5.74) is 0. The number of aromatic nitrogens is 3. The molecular formula is C7H5Br2N3O. The minimum atomic E-state index is 0.576. The standard InChI is InChI=1S/C7H5Br2N3O/c8-6-3-7(9)12(11-6)4-5-1-2-10-13-5/h1-3H,4H2. The van der Waals surface area contributed by atoms with Crippen LogP contribution >= 0.6 is 31.9 Å². The minimum Gasteiger partial charge on any atom is -0.359 e. The fraction of sp³-hybridized carbons (Fsp3) is 0.143. The summed E-state index contributed by atoms with van der Waals surface area (Å²) < 4.78 is 8.41. The predicted molar refractivity (Wildman–Crippen MR) is 53.2 cm³/mol. The monoisotopic (exact) mass is 305 g/mol. The molecule has 0 radical (unpaired) electrons. The first-order valence-electron chi connectivity index (χ1n) is 3.54. The molecule has 0 unspecified atom stereocenters. The molecule has 0 N–H and O–H groups in total. The van der Waals surface area contributed by atoms with Gasteiger partial charge in [-0.05, 0) is 31.9 Å². The molecular weight excluding hydrogens is 302 g/mol. The molecule has 0 saturated heterocycles. The molecule has 0 bridgehead atoms. The molecule has 0 fully saturated rings. The second-order valence-electron chi connectivity index (χ2n) is 2.43. The lowest BCUT2D eigenvalue weighted by molar-refractivity contribution is 0.370. The number of hydrogen-bond acceptors (Lipinski definition) is 3. The number of halogens is 2. The summed E-state index contributed by atoms with van der Waals surface area (Å²) in [5, 5.41) is 7.80. The highest BCUT2D eigenvalue weighted by molar-refractivity contribution is 9.11. The largest absolute Gasteiger partial charge is 0.359 e. The van der Waals surface area contributed by atoms with Crippen LogP contribution in [0.25, 0.3) is 0 Å². The van der Waals surface area contributed by atoms with Crippen molar-refractivity contribution in [3.05, 3.63) is 33.3 Å². The van der Waals surface area contributed by atoms with Crippen LogP contribution in [-0.4, -0.2) is 14.9 Å². The van der Waals surface area contributed by atoms with Gasteiger partial charge in [-0.25, -0.2) is 4.68 Å². The first-order valence-corrected chi connectivity index (χ1v) is 5.13. The van der Waals surface area contributed by atoms with Gasteiger partial charge in [0.05, 0.1) is 6.20 Å². The van der Waals surface area contributed by atoms with Crippen molar-refractivity contribution >= 4 is 31.9 Å². The van der Waals surface area contributed by atoms with E-state index < -0.39 is 0 Å². The Morgan fingerprint density at radius 2 is 2.31 bits per heavy atom. The van der Waals surface area contributed by atoms with Crippen LogP contribution in [0.15, 0.2) is 32.1 Å². The summed E-state index contributed by atoms with van der Waals surface area (Å²) in [6.07, 6.45) is 1.61. The molecule has 4 nitrogen and oxygen atoms in total. The average Bonchev–Trinajstić information content (AvgIpc) is 2.63. The number of hydrogen-bond donors (Lipinski definition) is 0. The molecule has 2 aromatic rings.